The first-order chi connectivity index (χ1) is 10.3. The van der Waals surface area contributed by atoms with E-state index < -0.39 is 8.15 Å². The molecule has 118 valence electrons. The molecule has 2 heteroatoms. The second kappa shape index (κ2) is 6.94. The minimum atomic E-state index is -1.31. The molecule has 2 aromatic rings. The van der Waals surface area contributed by atoms with E-state index in [-0.39, 0.29) is 0 Å². The second-order valence-corrected chi connectivity index (χ2v) is 8.33. The van der Waals surface area contributed by atoms with Crippen molar-refractivity contribution in [3.63, 3.8) is 0 Å². The van der Waals surface area contributed by atoms with Crippen molar-refractivity contribution in [1.29, 1.82) is 0 Å². The molecule has 0 saturated heterocycles. The maximum atomic E-state index is 11.2. The van der Waals surface area contributed by atoms with Crippen LogP contribution in [0.15, 0.2) is 36.4 Å². The fourth-order valence-corrected chi connectivity index (χ4v) is 4.85. The van der Waals surface area contributed by atoms with E-state index in [0.717, 1.165) is 10.6 Å². The maximum absolute atomic E-state index is 11.2. The van der Waals surface area contributed by atoms with Gasteiger partial charge in [0.15, 0.2) is 0 Å². The Balaban J connectivity index is 2.59. The molecule has 0 aliphatic rings. The topological polar surface area (TPSA) is 20.2 Å². The van der Waals surface area contributed by atoms with Crippen molar-refractivity contribution < 1.29 is 4.89 Å². The first-order valence-corrected chi connectivity index (χ1v) is 9.30. The van der Waals surface area contributed by atoms with Gasteiger partial charge >= 0.3 is 0 Å². The van der Waals surface area contributed by atoms with Crippen LogP contribution < -0.4 is 10.6 Å². The van der Waals surface area contributed by atoms with E-state index >= 15 is 0 Å². The molecular formula is C20H27OP. The number of aryl methyl sites for hydroxylation is 2. The standard InChI is InChI=1S/C20H27OP/c1-13(2)17-9-7-15(5)11-19(17)22(21)20-12-16(6)8-10-18(20)14(3)4/h7-14,21H,1-6H3. The monoisotopic (exact) mass is 314 g/mol. The first-order valence-electron chi connectivity index (χ1n) is 8.01. The summed E-state index contributed by atoms with van der Waals surface area (Å²) < 4.78 is 0. The molecule has 0 heterocycles. The van der Waals surface area contributed by atoms with E-state index in [4.69, 9.17) is 0 Å². The molecule has 0 aliphatic heterocycles. The molecule has 0 spiro atoms. The van der Waals surface area contributed by atoms with Crippen molar-refractivity contribution in [2.75, 3.05) is 0 Å². The molecule has 0 saturated carbocycles. The predicted molar refractivity (Wildman–Crippen MR) is 98.9 cm³/mol. The Hall–Kier alpha value is -1.17. The molecule has 22 heavy (non-hydrogen) atoms. The summed E-state index contributed by atoms with van der Waals surface area (Å²) in [5.41, 5.74) is 4.94. The van der Waals surface area contributed by atoms with Gasteiger partial charge in [0.2, 0.25) is 0 Å². The van der Waals surface area contributed by atoms with Crippen LogP contribution in [0.3, 0.4) is 0 Å². The summed E-state index contributed by atoms with van der Waals surface area (Å²) in [4.78, 5) is 11.2. The van der Waals surface area contributed by atoms with Gasteiger partial charge in [0, 0.05) is 10.6 Å². The zero-order valence-electron chi connectivity index (χ0n) is 14.5. The van der Waals surface area contributed by atoms with Crippen LogP contribution in [-0.4, -0.2) is 4.89 Å². The fraction of sp³-hybridized carbons (Fsp3) is 0.400. The summed E-state index contributed by atoms with van der Waals surface area (Å²) in [6.07, 6.45) is 0. The van der Waals surface area contributed by atoms with E-state index in [1.54, 1.807) is 0 Å². The smallest absolute Gasteiger partial charge is 0.0883 e. The van der Waals surface area contributed by atoms with Crippen LogP contribution >= 0.6 is 8.15 Å². The van der Waals surface area contributed by atoms with Gasteiger partial charge in [-0.05, 0) is 48.9 Å². The Kier molecular flexibility index (Phi) is 5.42. The third-order valence-electron chi connectivity index (χ3n) is 4.07. The highest BCUT2D eigenvalue weighted by molar-refractivity contribution is 7.67. The Morgan fingerprint density at radius 2 is 1.09 bits per heavy atom. The largest absolute Gasteiger partial charge is 0.364 e. The van der Waals surface area contributed by atoms with Crippen LogP contribution in [0.25, 0.3) is 0 Å². The molecule has 0 amide bonds. The van der Waals surface area contributed by atoms with Crippen molar-refractivity contribution in [3.8, 4) is 0 Å². The minimum absolute atomic E-state index is 0.417. The summed E-state index contributed by atoms with van der Waals surface area (Å²) in [5, 5.41) is 2.22. The van der Waals surface area contributed by atoms with Gasteiger partial charge in [0.25, 0.3) is 0 Å². The molecule has 0 radical (unpaired) electrons. The molecular weight excluding hydrogens is 287 g/mol. The molecule has 0 aromatic heterocycles. The normalized spacial score (nSPS) is 11.7. The lowest BCUT2D eigenvalue weighted by Gasteiger charge is -2.22. The second-order valence-electron chi connectivity index (χ2n) is 6.75. The molecule has 0 aliphatic carbocycles. The number of hydrogen-bond acceptors (Lipinski definition) is 1. The Labute approximate surface area is 136 Å². The predicted octanol–water partition coefficient (Wildman–Crippen LogP) is 4.89. The van der Waals surface area contributed by atoms with Gasteiger partial charge in [-0.1, -0.05) is 63.1 Å². The van der Waals surface area contributed by atoms with E-state index in [1.165, 1.54) is 22.3 Å². The van der Waals surface area contributed by atoms with Crippen LogP contribution in [0.5, 0.6) is 0 Å². The lowest BCUT2D eigenvalue weighted by atomic mass is 10.0. The lowest BCUT2D eigenvalue weighted by Crippen LogP contribution is -2.20. The van der Waals surface area contributed by atoms with Gasteiger partial charge < -0.3 is 4.89 Å². The highest BCUT2D eigenvalue weighted by atomic mass is 31.1. The number of benzene rings is 2. The van der Waals surface area contributed by atoms with Gasteiger partial charge in [-0.25, -0.2) is 0 Å². The average molecular weight is 314 g/mol. The molecule has 0 unspecified atom stereocenters. The first kappa shape index (κ1) is 17.2. The van der Waals surface area contributed by atoms with Gasteiger partial charge in [-0.3, -0.25) is 0 Å². The van der Waals surface area contributed by atoms with Crippen LogP contribution in [0.4, 0.5) is 0 Å². The van der Waals surface area contributed by atoms with Gasteiger partial charge in [0.1, 0.15) is 0 Å². The van der Waals surface area contributed by atoms with Crippen molar-refractivity contribution in [2.45, 2.75) is 53.4 Å². The Morgan fingerprint density at radius 1 is 0.727 bits per heavy atom. The van der Waals surface area contributed by atoms with Crippen molar-refractivity contribution in [1.82, 2.24) is 0 Å². The van der Waals surface area contributed by atoms with Crippen molar-refractivity contribution in [3.05, 3.63) is 58.7 Å². The molecule has 0 fully saturated rings. The number of rotatable bonds is 4. The van der Waals surface area contributed by atoms with E-state index in [9.17, 15) is 4.89 Å². The quantitative estimate of drug-likeness (QED) is 0.797. The van der Waals surface area contributed by atoms with Crippen molar-refractivity contribution in [2.24, 2.45) is 0 Å². The van der Waals surface area contributed by atoms with Crippen LogP contribution in [0, 0.1) is 13.8 Å². The molecule has 1 N–H and O–H groups in total. The zero-order chi connectivity index (χ0) is 16.4. The highest BCUT2D eigenvalue weighted by Crippen LogP contribution is 2.35. The maximum Gasteiger partial charge on any atom is 0.0883 e. The SMILES string of the molecule is Cc1ccc(C(C)C)c(P(O)c2cc(C)ccc2C(C)C)c1. The van der Waals surface area contributed by atoms with E-state index in [0.29, 0.717) is 11.8 Å². The van der Waals surface area contributed by atoms with Crippen molar-refractivity contribution >= 4 is 18.8 Å². The lowest BCUT2D eigenvalue weighted by molar-refractivity contribution is 0.643. The summed E-state index contributed by atoms with van der Waals surface area (Å²) in [7, 11) is -1.31. The summed E-state index contributed by atoms with van der Waals surface area (Å²) >= 11 is 0. The molecule has 0 bridgehead atoms. The molecule has 1 nitrogen and oxygen atoms in total. The molecule has 2 rings (SSSR count). The Morgan fingerprint density at radius 3 is 1.41 bits per heavy atom. The van der Waals surface area contributed by atoms with Gasteiger partial charge in [-0.2, -0.15) is 0 Å². The van der Waals surface area contributed by atoms with E-state index in [1.807, 2.05) is 0 Å². The van der Waals surface area contributed by atoms with Gasteiger partial charge in [0.05, 0.1) is 8.15 Å². The molecule has 0 atom stereocenters. The van der Waals surface area contributed by atoms with E-state index in [2.05, 4.69) is 77.9 Å². The molecule has 2 aromatic carbocycles. The summed E-state index contributed by atoms with van der Waals surface area (Å²) in [6, 6.07) is 12.9. The minimum Gasteiger partial charge on any atom is -0.364 e. The Bertz CT molecular complexity index is 601. The third-order valence-corrected chi connectivity index (χ3v) is 5.76. The van der Waals surface area contributed by atoms with Crippen LogP contribution in [-0.2, 0) is 0 Å². The summed E-state index contributed by atoms with van der Waals surface area (Å²) in [6.45, 7) is 13.0. The van der Waals surface area contributed by atoms with Crippen LogP contribution in [0.2, 0.25) is 0 Å². The highest BCUT2D eigenvalue weighted by Gasteiger charge is 2.21. The number of hydrogen-bond donors (Lipinski definition) is 1. The zero-order valence-corrected chi connectivity index (χ0v) is 15.4. The average Bonchev–Trinajstić information content (AvgIpc) is 2.45. The van der Waals surface area contributed by atoms with Gasteiger partial charge in [-0.15, -0.1) is 0 Å². The summed E-state index contributed by atoms with van der Waals surface area (Å²) in [5.74, 6) is 0.833. The van der Waals surface area contributed by atoms with Crippen LogP contribution in [0.1, 0.15) is 61.8 Å². The fourth-order valence-electron chi connectivity index (χ4n) is 2.78. The third kappa shape index (κ3) is 3.59.